The number of nitrogens with zero attached hydrogens (tertiary/aromatic N) is 1. The zero-order chi connectivity index (χ0) is 25.9. The molecule has 0 fully saturated rings. The number of aromatic nitrogens is 1. The molecule has 0 radical (unpaired) electrons. The Labute approximate surface area is 218 Å². The van der Waals surface area contributed by atoms with Crippen LogP contribution in [0.5, 0.6) is 11.5 Å². The lowest BCUT2D eigenvalue weighted by Crippen LogP contribution is -2.13. The molecule has 0 saturated carbocycles. The molecule has 0 atom stereocenters. The Morgan fingerprint density at radius 3 is 2.56 bits per heavy atom. The molecule has 4 aromatic rings. The highest BCUT2D eigenvalue weighted by Crippen LogP contribution is 2.35. The summed E-state index contributed by atoms with van der Waals surface area (Å²) >= 11 is 13.2. The van der Waals surface area contributed by atoms with Crippen molar-refractivity contribution in [3.63, 3.8) is 0 Å². The first-order chi connectivity index (χ1) is 17.1. The van der Waals surface area contributed by atoms with Crippen molar-refractivity contribution in [3.8, 4) is 22.1 Å². The number of hydrogen-bond acceptors (Lipinski definition) is 5. The van der Waals surface area contributed by atoms with Crippen molar-refractivity contribution in [3.05, 3.63) is 92.9 Å². The Morgan fingerprint density at radius 1 is 1.03 bits per heavy atom. The lowest BCUT2D eigenvalue weighted by molar-refractivity contribution is -0.137. The van der Waals surface area contributed by atoms with Crippen molar-refractivity contribution < 1.29 is 27.4 Å². The Kier molecular flexibility index (Phi) is 7.73. The summed E-state index contributed by atoms with van der Waals surface area (Å²) in [5, 5.41) is 5.38. The maximum Gasteiger partial charge on any atom is 0.416 e. The molecule has 186 valence electrons. The molecule has 0 saturated heterocycles. The van der Waals surface area contributed by atoms with E-state index in [1.807, 2.05) is 0 Å². The predicted octanol–water partition coefficient (Wildman–Crippen LogP) is 7.98. The van der Waals surface area contributed by atoms with Crippen LogP contribution in [0.2, 0.25) is 10.0 Å². The fraction of sp³-hybridized carbons (Fsp3) is 0.120. The van der Waals surface area contributed by atoms with Gasteiger partial charge in [0.2, 0.25) is 0 Å². The molecular formula is C25H17Cl2F3N2O3S. The van der Waals surface area contributed by atoms with Gasteiger partial charge in [0.25, 0.3) is 5.91 Å². The fourth-order valence-electron chi connectivity index (χ4n) is 3.19. The minimum Gasteiger partial charge on any atom is -0.493 e. The summed E-state index contributed by atoms with van der Waals surface area (Å²) in [4.78, 5) is 16.9. The number of nitrogens with one attached hydrogen (secondary N) is 1. The van der Waals surface area contributed by atoms with Crippen molar-refractivity contribution in [2.45, 2.75) is 12.8 Å². The number of amides is 1. The van der Waals surface area contributed by atoms with Gasteiger partial charge < -0.3 is 14.8 Å². The van der Waals surface area contributed by atoms with E-state index in [1.54, 1.807) is 36.4 Å². The van der Waals surface area contributed by atoms with Crippen molar-refractivity contribution in [2.75, 3.05) is 12.4 Å². The van der Waals surface area contributed by atoms with Crippen LogP contribution < -0.4 is 14.8 Å². The first kappa shape index (κ1) is 25.8. The standard InChI is InChI=1S/C25H17Cl2F3N2O3S/c1-34-22-10-15(6-8-21(22)35-12-14-5-7-18(26)19(27)9-14)24-32-20(13-36-24)23(33)31-17-4-2-3-16(11-17)25(28,29)30/h2-11,13H,12H2,1H3,(H,31,33). The van der Waals surface area contributed by atoms with E-state index in [4.69, 9.17) is 32.7 Å². The number of carbonyl (C=O) groups excluding carboxylic acids is 1. The minimum absolute atomic E-state index is 0.0227. The number of alkyl halides is 3. The fourth-order valence-corrected chi connectivity index (χ4v) is 4.31. The van der Waals surface area contributed by atoms with E-state index in [1.165, 1.54) is 36.0 Å². The van der Waals surface area contributed by atoms with E-state index >= 15 is 0 Å². The van der Waals surface area contributed by atoms with E-state index < -0.39 is 17.6 Å². The third kappa shape index (κ3) is 6.10. The Balaban J connectivity index is 1.47. The summed E-state index contributed by atoms with van der Waals surface area (Å²) in [6.07, 6.45) is -4.51. The molecule has 1 N–H and O–H groups in total. The van der Waals surface area contributed by atoms with Gasteiger partial charge in [0.05, 0.1) is 22.7 Å². The topological polar surface area (TPSA) is 60.5 Å². The zero-order valence-corrected chi connectivity index (χ0v) is 20.9. The van der Waals surface area contributed by atoms with Crippen molar-refractivity contribution in [2.24, 2.45) is 0 Å². The molecule has 1 aromatic heterocycles. The lowest BCUT2D eigenvalue weighted by Gasteiger charge is -2.12. The average molecular weight is 553 g/mol. The van der Waals surface area contributed by atoms with E-state index in [2.05, 4.69) is 10.3 Å². The van der Waals surface area contributed by atoms with Gasteiger partial charge in [-0.25, -0.2) is 4.98 Å². The number of benzene rings is 3. The van der Waals surface area contributed by atoms with Crippen LogP contribution in [0, 0.1) is 0 Å². The summed E-state index contributed by atoms with van der Waals surface area (Å²) < 4.78 is 50.1. The smallest absolute Gasteiger partial charge is 0.416 e. The van der Waals surface area contributed by atoms with Gasteiger partial charge >= 0.3 is 6.18 Å². The monoisotopic (exact) mass is 552 g/mol. The van der Waals surface area contributed by atoms with Crippen LogP contribution in [0.15, 0.2) is 66.0 Å². The summed E-state index contributed by atoms with van der Waals surface area (Å²) in [7, 11) is 1.50. The summed E-state index contributed by atoms with van der Waals surface area (Å²) in [6.45, 7) is 0.240. The molecule has 11 heteroatoms. The molecule has 4 rings (SSSR count). The highest BCUT2D eigenvalue weighted by molar-refractivity contribution is 7.13. The number of methoxy groups -OCH3 is 1. The van der Waals surface area contributed by atoms with Gasteiger partial charge in [-0.2, -0.15) is 13.2 Å². The van der Waals surface area contributed by atoms with Gasteiger partial charge in [-0.3, -0.25) is 4.79 Å². The van der Waals surface area contributed by atoms with E-state index in [-0.39, 0.29) is 18.0 Å². The molecule has 0 bridgehead atoms. The molecule has 1 heterocycles. The molecular weight excluding hydrogens is 536 g/mol. The number of rotatable bonds is 7. The minimum atomic E-state index is -4.51. The number of thiazole rings is 1. The molecule has 0 unspecified atom stereocenters. The number of halogens is 5. The second-order valence-corrected chi connectivity index (χ2v) is 9.15. The first-order valence-electron chi connectivity index (χ1n) is 10.3. The summed E-state index contributed by atoms with van der Waals surface area (Å²) in [6, 6.07) is 14.8. The normalized spacial score (nSPS) is 11.3. The van der Waals surface area contributed by atoms with Gasteiger partial charge in [0.1, 0.15) is 17.3 Å². The Morgan fingerprint density at radius 2 is 1.83 bits per heavy atom. The van der Waals surface area contributed by atoms with Crippen LogP contribution in [0.4, 0.5) is 18.9 Å². The number of anilines is 1. The van der Waals surface area contributed by atoms with E-state index in [9.17, 15) is 18.0 Å². The van der Waals surface area contributed by atoms with Crippen molar-refractivity contribution in [1.29, 1.82) is 0 Å². The molecule has 3 aromatic carbocycles. The first-order valence-corrected chi connectivity index (χ1v) is 12.0. The molecule has 0 aliphatic carbocycles. The van der Waals surface area contributed by atoms with Crippen molar-refractivity contribution >= 4 is 46.1 Å². The summed E-state index contributed by atoms with van der Waals surface area (Å²) in [5.41, 5.74) is 0.748. The van der Waals surface area contributed by atoms with Gasteiger partial charge in [0.15, 0.2) is 11.5 Å². The Hall–Kier alpha value is -3.27. The van der Waals surface area contributed by atoms with Gasteiger partial charge in [-0.15, -0.1) is 11.3 Å². The molecule has 36 heavy (non-hydrogen) atoms. The van der Waals surface area contributed by atoms with Crippen LogP contribution >= 0.6 is 34.5 Å². The largest absolute Gasteiger partial charge is 0.493 e. The third-order valence-corrected chi connectivity index (χ3v) is 6.60. The highest BCUT2D eigenvalue weighted by Gasteiger charge is 2.30. The number of ether oxygens (including phenoxy) is 2. The molecule has 5 nitrogen and oxygen atoms in total. The van der Waals surface area contributed by atoms with Gasteiger partial charge in [0, 0.05) is 16.6 Å². The van der Waals surface area contributed by atoms with Gasteiger partial charge in [-0.05, 0) is 54.1 Å². The maximum atomic E-state index is 12.9. The lowest BCUT2D eigenvalue weighted by atomic mass is 10.2. The zero-order valence-electron chi connectivity index (χ0n) is 18.5. The number of carbonyl (C=O) groups is 1. The predicted molar refractivity (Wildman–Crippen MR) is 134 cm³/mol. The van der Waals surface area contributed by atoms with Crippen LogP contribution in [0.3, 0.4) is 0 Å². The van der Waals surface area contributed by atoms with Crippen molar-refractivity contribution in [1.82, 2.24) is 4.98 Å². The van der Waals surface area contributed by atoms with Crippen LogP contribution in [-0.4, -0.2) is 18.0 Å². The molecule has 0 spiro atoms. The Bertz CT molecular complexity index is 1410. The second-order valence-electron chi connectivity index (χ2n) is 7.47. The number of hydrogen-bond donors (Lipinski definition) is 1. The molecule has 1 amide bonds. The molecule has 0 aliphatic rings. The summed E-state index contributed by atoms with van der Waals surface area (Å²) in [5.74, 6) is 0.328. The maximum absolute atomic E-state index is 12.9. The van der Waals surface area contributed by atoms with Crippen LogP contribution in [0.25, 0.3) is 10.6 Å². The van der Waals surface area contributed by atoms with E-state index in [0.717, 1.165) is 17.7 Å². The SMILES string of the molecule is COc1cc(-c2nc(C(=O)Nc3cccc(C(F)(F)F)c3)cs2)ccc1OCc1ccc(Cl)c(Cl)c1. The quantitative estimate of drug-likeness (QED) is 0.252. The van der Waals surface area contributed by atoms with E-state index in [0.29, 0.717) is 32.1 Å². The third-order valence-electron chi connectivity index (χ3n) is 4.97. The van der Waals surface area contributed by atoms with Gasteiger partial charge in [-0.1, -0.05) is 35.3 Å². The average Bonchev–Trinajstić information content (AvgIpc) is 3.35. The van der Waals surface area contributed by atoms with Crippen LogP contribution in [-0.2, 0) is 12.8 Å². The second kappa shape index (κ2) is 10.8. The van der Waals surface area contributed by atoms with Crippen LogP contribution in [0.1, 0.15) is 21.6 Å². The highest BCUT2D eigenvalue weighted by atomic mass is 35.5. The molecule has 0 aliphatic heterocycles.